The number of pyridine rings is 1. The smallest absolute Gasteiger partial charge is 0.103 e. The van der Waals surface area contributed by atoms with E-state index in [1.54, 1.807) is 6.20 Å². The maximum atomic E-state index is 10.4. The second-order valence-corrected chi connectivity index (χ2v) is 7.24. The van der Waals surface area contributed by atoms with Gasteiger partial charge in [-0.15, -0.1) is 0 Å². The van der Waals surface area contributed by atoms with E-state index in [1.807, 2.05) is 18.3 Å². The molecule has 0 aliphatic heterocycles. The molecule has 0 aromatic carbocycles. The van der Waals surface area contributed by atoms with Crippen molar-refractivity contribution in [3.05, 3.63) is 44.9 Å². The van der Waals surface area contributed by atoms with Gasteiger partial charge in [-0.2, -0.15) is 5.10 Å². The zero-order chi connectivity index (χ0) is 14.8. The molecule has 3 rings (SSSR count). The molecule has 4 nitrogen and oxygen atoms in total. The van der Waals surface area contributed by atoms with Crippen molar-refractivity contribution >= 4 is 31.9 Å². The Morgan fingerprint density at radius 2 is 2.10 bits per heavy atom. The highest BCUT2D eigenvalue weighted by Gasteiger charge is 2.19. The molecule has 0 bridgehead atoms. The minimum absolute atomic E-state index is 0.479. The van der Waals surface area contributed by atoms with Gasteiger partial charge in [0.2, 0.25) is 0 Å². The molecule has 1 saturated carbocycles. The quantitative estimate of drug-likeness (QED) is 0.815. The fraction of sp³-hybridized carbons (Fsp3) is 0.467. The lowest BCUT2D eigenvalue weighted by Crippen LogP contribution is -2.08. The molecule has 2 heterocycles. The Bertz CT molecular complexity index is 623. The summed E-state index contributed by atoms with van der Waals surface area (Å²) in [7, 11) is 0. The summed E-state index contributed by atoms with van der Waals surface area (Å²) in [6.07, 6.45) is 8.55. The molecule has 1 atom stereocenters. The van der Waals surface area contributed by atoms with E-state index in [0.29, 0.717) is 18.2 Å². The summed E-state index contributed by atoms with van der Waals surface area (Å²) in [5, 5.41) is 15.0. The largest absolute Gasteiger partial charge is 0.386 e. The normalized spacial score (nSPS) is 17.3. The molecular formula is C15H17Br2N3O. The van der Waals surface area contributed by atoms with Gasteiger partial charge in [0.25, 0.3) is 0 Å². The molecule has 0 spiro atoms. The van der Waals surface area contributed by atoms with Crippen LogP contribution < -0.4 is 0 Å². The van der Waals surface area contributed by atoms with Crippen molar-refractivity contribution in [1.29, 1.82) is 0 Å². The van der Waals surface area contributed by atoms with Gasteiger partial charge in [-0.05, 0) is 56.8 Å². The van der Waals surface area contributed by atoms with E-state index in [1.165, 1.54) is 25.7 Å². The first-order valence-corrected chi connectivity index (χ1v) is 8.75. The number of hydrogen-bond acceptors (Lipinski definition) is 3. The van der Waals surface area contributed by atoms with Crippen LogP contribution in [0.4, 0.5) is 0 Å². The van der Waals surface area contributed by atoms with Gasteiger partial charge in [-0.3, -0.25) is 9.67 Å². The average Bonchev–Trinajstić information content (AvgIpc) is 3.08. The Morgan fingerprint density at radius 1 is 1.33 bits per heavy atom. The maximum absolute atomic E-state index is 10.4. The molecule has 1 aliphatic rings. The van der Waals surface area contributed by atoms with Crippen LogP contribution in [0.5, 0.6) is 0 Å². The first-order valence-electron chi connectivity index (χ1n) is 7.16. The van der Waals surface area contributed by atoms with Crippen molar-refractivity contribution in [2.75, 3.05) is 0 Å². The van der Waals surface area contributed by atoms with Crippen molar-refractivity contribution in [3.8, 4) is 0 Å². The zero-order valence-corrected chi connectivity index (χ0v) is 14.7. The molecule has 0 radical (unpaired) electrons. The molecule has 6 heteroatoms. The first-order chi connectivity index (χ1) is 10.1. The topological polar surface area (TPSA) is 50.9 Å². The van der Waals surface area contributed by atoms with E-state index < -0.39 is 6.10 Å². The average molecular weight is 415 g/mol. The monoisotopic (exact) mass is 413 g/mol. The minimum atomic E-state index is -0.653. The third kappa shape index (κ3) is 3.55. The molecule has 2 aromatic heterocycles. The van der Waals surface area contributed by atoms with Gasteiger partial charge in [0.15, 0.2) is 0 Å². The first kappa shape index (κ1) is 15.2. The SMILES string of the molecule is OC(Cc1ccn(C2CCCC2)n1)c1ncc(Br)cc1Br. The summed E-state index contributed by atoms with van der Waals surface area (Å²) >= 11 is 6.81. The predicted molar refractivity (Wildman–Crippen MR) is 88.0 cm³/mol. The summed E-state index contributed by atoms with van der Waals surface area (Å²) in [5.41, 5.74) is 1.56. The molecule has 1 N–H and O–H groups in total. The Hall–Kier alpha value is -0.720. The van der Waals surface area contributed by atoms with Crippen molar-refractivity contribution in [2.24, 2.45) is 0 Å². The van der Waals surface area contributed by atoms with Gasteiger partial charge in [0.05, 0.1) is 17.4 Å². The Balaban J connectivity index is 1.70. The zero-order valence-electron chi connectivity index (χ0n) is 11.5. The van der Waals surface area contributed by atoms with Crippen LogP contribution in [0.1, 0.15) is 49.2 Å². The van der Waals surface area contributed by atoms with Crippen molar-refractivity contribution in [2.45, 2.75) is 44.2 Å². The molecule has 21 heavy (non-hydrogen) atoms. The van der Waals surface area contributed by atoms with E-state index in [0.717, 1.165) is 14.6 Å². The van der Waals surface area contributed by atoms with E-state index >= 15 is 0 Å². The number of aliphatic hydroxyl groups excluding tert-OH is 1. The summed E-state index contributed by atoms with van der Waals surface area (Å²) in [4.78, 5) is 4.28. The highest BCUT2D eigenvalue weighted by atomic mass is 79.9. The second-order valence-electron chi connectivity index (χ2n) is 5.47. The number of aliphatic hydroxyl groups is 1. The molecule has 0 saturated heterocycles. The molecular weight excluding hydrogens is 398 g/mol. The predicted octanol–water partition coefficient (Wildman–Crippen LogP) is 4.19. The summed E-state index contributed by atoms with van der Waals surface area (Å²) < 4.78 is 3.74. The third-order valence-electron chi connectivity index (χ3n) is 3.92. The summed E-state index contributed by atoms with van der Waals surface area (Å²) in [6.45, 7) is 0. The summed E-state index contributed by atoms with van der Waals surface area (Å²) in [5.74, 6) is 0. The van der Waals surface area contributed by atoms with Gasteiger partial charge in [0.1, 0.15) is 6.10 Å². The van der Waals surface area contributed by atoms with Crippen LogP contribution in [0.2, 0.25) is 0 Å². The standard InChI is InChI=1S/C15H17Br2N3O/c16-10-7-13(17)15(18-9-10)14(21)8-11-5-6-20(19-11)12-3-1-2-4-12/h5-7,9,12,14,21H,1-4,8H2. The Labute approximate surface area is 140 Å². The van der Waals surface area contributed by atoms with Crippen LogP contribution in [0, 0.1) is 0 Å². The minimum Gasteiger partial charge on any atom is -0.386 e. The Kier molecular flexibility index (Phi) is 4.76. The Morgan fingerprint density at radius 3 is 2.81 bits per heavy atom. The van der Waals surface area contributed by atoms with Crippen molar-refractivity contribution in [1.82, 2.24) is 14.8 Å². The van der Waals surface area contributed by atoms with Gasteiger partial charge < -0.3 is 5.11 Å². The van der Waals surface area contributed by atoms with Gasteiger partial charge in [0, 0.05) is 27.8 Å². The van der Waals surface area contributed by atoms with Crippen LogP contribution in [0.3, 0.4) is 0 Å². The molecule has 2 aromatic rings. The van der Waals surface area contributed by atoms with E-state index in [4.69, 9.17) is 0 Å². The molecule has 1 unspecified atom stereocenters. The van der Waals surface area contributed by atoms with Gasteiger partial charge in [-0.1, -0.05) is 12.8 Å². The highest BCUT2D eigenvalue weighted by molar-refractivity contribution is 9.11. The van der Waals surface area contributed by atoms with Crippen molar-refractivity contribution < 1.29 is 5.11 Å². The van der Waals surface area contributed by atoms with Gasteiger partial charge in [-0.25, -0.2) is 0 Å². The van der Waals surface area contributed by atoms with E-state index in [9.17, 15) is 5.11 Å². The third-order valence-corrected chi connectivity index (χ3v) is 4.99. The highest BCUT2D eigenvalue weighted by Crippen LogP contribution is 2.30. The second kappa shape index (κ2) is 6.58. The number of hydrogen-bond donors (Lipinski definition) is 1. The van der Waals surface area contributed by atoms with Crippen LogP contribution in [-0.2, 0) is 6.42 Å². The van der Waals surface area contributed by atoms with Crippen molar-refractivity contribution in [3.63, 3.8) is 0 Å². The van der Waals surface area contributed by atoms with E-state index in [2.05, 4.69) is 46.6 Å². The van der Waals surface area contributed by atoms with Gasteiger partial charge >= 0.3 is 0 Å². The van der Waals surface area contributed by atoms with Crippen LogP contribution in [-0.4, -0.2) is 19.9 Å². The maximum Gasteiger partial charge on any atom is 0.103 e. The lowest BCUT2D eigenvalue weighted by Gasteiger charge is -2.11. The lowest BCUT2D eigenvalue weighted by atomic mass is 10.1. The molecule has 1 fully saturated rings. The summed E-state index contributed by atoms with van der Waals surface area (Å²) in [6, 6.07) is 4.42. The van der Waals surface area contributed by atoms with Crippen LogP contribution in [0.25, 0.3) is 0 Å². The molecule has 112 valence electrons. The molecule has 1 aliphatic carbocycles. The van der Waals surface area contributed by atoms with E-state index in [-0.39, 0.29) is 0 Å². The number of aromatic nitrogens is 3. The van der Waals surface area contributed by atoms with Crippen LogP contribution >= 0.6 is 31.9 Å². The van der Waals surface area contributed by atoms with Crippen LogP contribution in [0.15, 0.2) is 33.5 Å². The number of nitrogens with zero attached hydrogens (tertiary/aromatic N) is 3. The fourth-order valence-electron chi connectivity index (χ4n) is 2.82. The lowest BCUT2D eigenvalue weighted by molar-refractivity contribution is 0.171. The fourth-order valence-corrected chi connectivity index (χ4v) is 4.08. The number of rotatable bonds is 4. The number of halogens is 2. The molecule has 0 amide bonds.